The van der Waals surface area contributed by atoms with Gasteiger partial charge in [0.15, 0.2) is 0 Å². The van der Waals surface area contributed by atoms with E-state index in [2.05, 4.69) is 27.8 Å². The van der Waals surface area contributed by atoms with E-state index in [1.807, 2.05) is 30.5 Å². The number of methoxy groups -OCH3 is 1. The third-order valence-electron chi connectivity index (χ3n) is 3.96. The highest BCUT2D eigenvalue weighted by Crippen LogP contribution is 2.18. The zero-order valence-electron chi connectivity index (χ0n) is 13.1. The Morgan fingerprint density at radius 2 is 2.17 bits per heavy atom. The summed E-state index contributed by atoms with van der Waals surface area (Å²) < 4.78 is 6.82. The van der Waals surface area contributed by atoms with Gasteiger partial charge in [-0.15, -0.1) is 5.10 Å². The second kappa shape index (κ2) is 7.09. The molecule has 1 N–H and O–H groups in total. The molecule has 120 valence electrons. The van der Waals surface area contributed by atoms with Crippen molar-refractivity contribution in [3.63, 3.8) is 0 Å². The van der Waals surface area contributed by atoms with Crippen LogP contribution in [0, 0.1) is 5.92 Å². The third kappa shape index (κ3) is 3.77. The highest BCUT2D eigenvalue weighted by atomic mass is 16.5. The van der Waals surface area contributed by atoms with Crippen LogP contribution in [0.5, 0.6) is 5.75 Å². The zero-order chi connectivity index (χ0) is 16.1. The van der Waals surface area contributed by atoms with Crippen LogP contribution >= 0.6 is 0 Å². The summed E-state index contributed by atoms with van der Waals surface area (Å²) in [6.07, 6.45) is 8.75. The van der Waals surface area contributed by atoms with Crippen molar-refractivity contribution < 1.29 is 9.53 Å². The molecule has 0 fully saturated rings. The molecule has 3 rings (SSSR count). The second-order valence-corrected chi connectivity index (χ2v) is 5.55. The molecule has 1 aromatic heterocycles. The Morgan fingerprint density at radius 1 is 1.35 bits per heavy atom. The number of hydrogen-bond acceptors (Lipinski definition) is 4. The van der Waals surface area contributed by atoms with Gasteiger partial charge in [-0.05, 0) is 43.5 Å². The Bertz CT molecular complexity index is 691. The van der Waals surface area contributed by atoms with Crippen LogP contribution in [0.3, 0.4) is 0 Å². The molecule has 0 radical (unpaired) electrons. The van der Waals surface area contributed by atoms with Gasteiger partial charge < -0.3 is 10.1 Å². The summed E-state index contributed by atoms with van der Waals surface area (Å²) in [5.41, 5.74) is 1.63. The molecule has 1 atom stereocenters. The number of hydrogen-bond donors (Lipinski definition) is 1. The monoisotopic (exact) mass is 312 g/mol. The van der Waals surface area contributed by atoms with Gasteiger partial charge in [0.25, 0.3) is 0 Å². The number of carbonyl (C=O) groups excluding carboxylic acids is 1. The predicted octanol–water partition coefficient (Wildman–Crippen LogP) is 2.25. The minimum absolute atomic E-state index is 0.0802. The largest absolute Gasteiger partial charge is 0.497 e. The van der Waals surface area contributed by atoms with E-state index in [1.54, 1.807) is 11.8 Å². The fourth-order valence-electron chi connectivity index (χ4n) is 2.59. The average molecular weight is 312 g/mol. The van der Waals surface area contributed by atoms with Crippen LogP contribution in [0.1, 0.15) is 25.0 Å². The minimum atomic E-state index is 0.0802. The lowest BCUT2D eigenvalue weighted by Gasteiger charge is -2.16. The summed E-state index contributed by atoms with van der Waals surface area (Å²) in [6.45, 7) is 0.398. The molecule has 0 spiro atoms. The Hall–Kier alpha value is -2.63. The number of benzene rings is 1. The van der Waals surface area contributed by atoms with Crippen LogP contribution in [0.15, 0.2) is 42.6 Å². The number of nitrogens with zero attached hydrogens (tertiary/aromatic N) is 3. The van der Waals surface area contributed by atoms with E-state index < -0.39 is 0 Å². The summed E-state index contributed by atoms with van der Waals surface area (Å²) in [4.78, 5) is 12.1. The first-order valence-electron chi connectivity index (χ1n) is 7.74. The number of carbonyl (C=O) groups is 1. The van der Waals surface area contributed by atoms with Crippen molar-refractivity contribution in [1.82, 2.24) is 20.3 Å². The van der Waals surface area contributed by atoms with E-state index in [9.17, 15) is 4.79 Å². The maximum Gasteiger partial charge on any atom is 0.223 e. The van der Waals surface area contributed by atoms with E-state index in [0.717, 1.165) is 36.4 Å². The van der Waals surface area contributed by atoms with Crippen LogP contribution in [0.25, 0.3) is 5.69 Å². The van der Waals surface area contributed by atoms with E-state index in [1.165, 1.54) is 0 Å². The molecule has 0 saturated heterocycles. The van der Waals surface area contributed by atoms with Crippen molar-refractivity contribution in [2.24, 2.45) is 5.92 Å². The van der Waals surface area contributed by atoms with Crippen molar-refractivity contribution in [1.29, 1.82) is 0 Å². The van der Waals surface area contributed by atoms with Crippen LogP contribution in [0.4, 0.5) is 0 Å². The first-order chi connectivity index (χ1) is 11.3. The molecular weight excluding hydrogens is 292 g/mol. The molecule has 0 unspecified atom stereocenters. The molecule has 1 amide bonds. The molecule has 6 nitrogen and oxygen atoms in total. The van der Waals surface area contributed by atoms with Crippen molar-refractivity contribution in [2.45, 2.75) is 25.8 Å². The van der Waals surface area contributed by atoms with Gasteiger partial charge in [-0.3, -0.25) is 4.79 Å². The van der Waals surface area contributed by atoms with Crippen molar-refractivity contribution >= 4 is 5.91 Å². The molecule has 2 aromatic rings. The highest BCUT2D eigenvalue weighted by Gasteiger charge is 2.18. The second-order valence-electron chi connectivity index (χ2n) is 5.55. The SMILES string of the molecule is COc1ccc(-n2cc(CNC(=O)[C@H]3CC=CCC3)nn2)cc1. The van der Waals surface area contributed by atoms with E-state index in [0.29, 0.717) is 6.54 Å². The maximum atomic E-state index is 12.1. The third-order valence-corrected chi connectivity index (χ3v) is 3.96. The quantitative estimate of drug-likeness (QED) is 0.860. The van der Waals surface area contributed by atoms with Gasteiger partial charge in [-0.2, -0.15) is 0 Å². The number of amides is 1. The van der Waals surface area contributed by atoms with E-state index in [-0.39, 0.29) is 11.8 Å². The molecule has 1 aliphatic rings. The number of aromatic nitrogens is 3. The summed E-state index contributed by atoms with van der Waals surface area (Å²) >= 11 is 0. The van der Waals surface area contributed by atoms with Gasteiger partial charge in [0.1, 0.15) is 11.4 Å². The molecule has 1 heterocycles. The van der Waals surface area contributed by atoms with Crippen molar-refractivity contribution in [2.75, 3.05) is 7.11 Å². The fourth-order valence-corrected chi connectivity index (χ4v) is 2.59. The maximum absolute atomic E-state index is 12.1. The highest BCUT2D eigenvalue weighted by molar-refractivity contribution is 5.78. The number of ether oxygens (including phenoxy) is 1. The fraction of sp³-hybridized carbons (Fsp3) is 0.353. The van der Waals surface area contributed by atoms with Gasteiger partial charge in [0, 0.05) is 5.92 Å². The van der Waals surface area contributed by atoms with Gasteiger partial charge in [0.05, 0.1) is 25.5 Å². The summed E-state index contributed by atoms with van der Waals surface area (Å²) in [5.74, 6) is 0.966. The first-order valence-corrected chi connectivity index (χ1v) is 7.74. The van der Waals surface area contributed by atoms with E-state index in [4.69, 9.17) is 4.74 Å². The summed E-state index contributed by atoms with van der Waals surface area (Å²) in [7, 11) is 1.63. The Kier molecular flexibility index (Phi) is 4.71. The van der Waals surface area contributed by atoms with Gasteiger partial charge >= 0.3 is 0 Å². The van der Waals surface area contributed by atoms with Gasteiger partial charge in [-0.25, -0.2) is 4.68 Å². The molecule has 1 aliphatic carbocycles. The van der Waals surface area contributed by atoms with Crippen LogP contribution in [0.2, 0.25) is 0 Å². The topological polar surface area (TPSA) is 69.0 Å². The Labute approximate surface area is 135 Å². The lowest BCUT2D eigenvalue weighted by Crippen LogP contribution is -2.30. The van der Waals surface area contributed by atoms with Gasteiger partial charge in [0.2, 0.25) is 5.91 Å². The first kappa shape index (κ1) is 15.3. The molecule has 0 saturated carbocycles. The molecule has 0 aliphatic heterocycles. The van der Waals surface area contributed by atoms with Crippen molar-refractivity contribution in [3.05, 3.63) is 48.3 Å². The molecule has 6 heteroatoms. The summed E-state index contributed by atoms with van der Waals surface area (Å²) in [5, 5.41) is 11.1. The Balaban J connectivity index is 1.58. The Morgan fingerprint density at radius 3 is 2.87 bits per heavy atom. The van der Waals surface area contributed by atoms with Crippen LogP contribution < -0.4 is 10.1 Å². The normalized spacial score (nSPS) is 17.0. The average Bonchev–Trinajstić information content (AvgIpc) is 3.09. The standard InChI is InChI=1S/C17H20N4O2/c1-23-16-9-7-15(8-10-16)21-12-14(19-20-21)11-18-17(22)13-5-3-2-4-6-13/h2-3,7-10,12-13H,4-6,11H2,1H3,(H,18,22)/t13-/m0/s1. The number of allylic oxidation sites excluding steroid dienone is 2. The lowest BCUT2D eigenvalue weighted by molar-refractivity contribution is -0.125. The zero-order valence-corrected chi connectivity index (χ0v) is 13.1. The summed E-state index contributed by atoms with van der Waals surface area (Å²) in [6, 6.07) is 7.55. The van der Waals surface area contributed by atoms with Crippen LogP contribution in [-0.2, 0) is 11.3 Å². The smallest absolute Gasteiger partial charge is 0.223 e. The molecule has 1 aromatic carbocycles. The molecule has 23 heavy (non-hydrogen) atoms. The van der Waals surface area contributed by atoms with Crippen LogP contribution in [-0.4, -0.2) is 28.0 Å². The number of nitrogens with one attached hydrogen (secondary N) is 1. The lowest BCUT2D eigenvalue weighted by atomic mass is 9.94. The predicted molar refractivity (Wildman–Crippen MR) is 86.2 cm³/mol. The number of rotatable bonds is 5. The minimum Gasteiger partial charge on any atom is -0.497 e. The molecule has 0 bridgehead atoms. The van der Waals surface area contributed by atoms with Crippen molar-refractivity contribution in [3.8, 4) is 11.4 Å². The van der Waals surface area contributed by atoms with E-state index >= 15 is 0 Å². The molecular formula is C17H20N4O2. The van der Waals surface area contributed by atoms with Gasteiger partial charge in [-0.1, -0.05) is 17.4 Å².